The van der Waals surface area contributed by atoms with Gasteiger partial charge in [-0.15, -0.1) is 12.3 Å². The van der Waals surface area contributed by atoms with Crippen molar-refractivity contribution < 1.29 is 9.90 Å². The first-order chi connectivity index (χ1) is 6.74. The fourth-order valence-corrected chi connectivity index (χ4v) is 1.63. The average Bonchev–Trinajstić information content (AvgIpc) is 2.59. The fraction of sp³-hybridized carbons (Fsp3) is 0.727. The highest BCUT2D eigenvalue weighted by atomic mass is 16.3. The van der Waals surface area contributed by atoms with E-state index in [1.54, 1.807) is 4.90 Å². The van der Waals surface area contributed by atoms with E-state index in [1.165, 1.54) is 0 Å². The summed E-state index contributed by atoms with van der Waals surface area (Å²) in [5.41, 5.74) is 0. The maximum Gasteiger partial charge on any atom is 0.222 e. The van der Waals surface area contributed by atoms with E-state index in [1.807, 2.05) is 0 Å². The second-order valence-electron chi connectivity index (χ2n) is 3.69. The Morgan fingerprint density at radius 2 is 2.36 bits per heavy atom. The van der Waals surface area contributed by atoms with Gasteiger partial charge >= 0.3 is 0 Å². The van der Waals surface area contributed by atoms with Crippen molar-refractivity contribution in [3.63, 3.8) is 0 Å². The lowest BCUT2D eigenvalue weighted by atomic mass is 10.2. The van der Waals surface area contributed by atoms with Crippen LogP contribution in [-0.2, 0) is 4.79 Å². The maximum absolute atomic E-state index is 11.5. The Morgan fingerprint density at radius 1 is 1.57 bits per heavy atom. The van der Waals surface area contributed by atoms with Crippen LogP contribution in [0.5, 0.6) is 0 Å². The van der Waals surface area contributed by atoms with Gasteiger partial charge in [-0.25, -0.2) is 0 Å². The molecule has 1 atom stereocenters. The molecular formula is C11H17NO2. The van der Waals surface area contributed by atoms with Crippen LogP contribution in [0, 0.1) is 12.3 Å². The number of terminal acetylenes is 1. The molecule has 78 valence electrons. The predicted molar refractivity (Wildman–Crippen MR) is 54.5 cm³/mol. The Hall–Kier alpha value is -1.01. The topological polar surface area (TPSA) is 40.5 Å². The average molecular weight is 195 g/mol. The summed E-state index contributed by atoms with van der Waals surface area (Å²) in [6.07, 6.45) is 8.59. The van der Waals surface area contributed by atoms with Crippen LogP contribution < -0.4 is 0 Å². The molecule has 0 radical (unpaired) electrons. The third kappa shape index (κ3) is 3.39. The van der Waals surface area contributed by atoms with Gasteiger partial charge < -0.3 is 10.0 Å². The molecule has 0 aromatic heterocycles. The number of likely N-dealkylation sites (tertiary alicyclic amines) is 1. The highest BCUT2D eigenvalue weighted by molar-refractivity contribution is 5.76. The number of β-amino-alcohol motifs (C(OH)–C–C–N with tert-alkyl or cyclic N) is 1. The normalized spacial score (nSPS) is 20.9. The second-order valence-corrected chi connectivity index (χ2v) is 3.69. The lowest BCUT2D eigenvalue weighted by Gasteiger charge is -2.14. The number of carbonyl (C=O) groups excluding carboxylic acids is 1. The molecule has 1 rings (SSSR count). The van der Waals surface area contributed by atoms with Gasteiger partial charge in [0, 0.05) is 25.9 Å². The lowest BCUT2D eigenvalue weighted by Crippen LogP contribution is -2.29. The molecule has 0 aliphatic carbocycles. The first-order valence-corrected chi connectivity index (χ1v) is 5.13. The van der Waals surface area contributed by atoms with Crippen LogP contribution in [0.4, 0.5) is 0 Å². The van der Waals surface area contributed by atoms with Crippen molar-refractivity contribution in [3.05, 3.63) is 0 Å². The Labute approximate surface area is 85.1 Å². The van der Waals surface area contributed by atoms with Gasteiger partial charge in [0.05, 0.1) is 6.10 Å². The minimum Gasteiger partial charge on any atom is -0.391 e. The summed E-state index contributed by atoms with van der Waals surface area (Å²) in [4.78, 5) is 13.3. The highest BCUT2D eigenvalue weighted by Crippen LogP contribution is 2.11. The third-order valence-corrected chi connectivity index (χ3v) is 2.48. The molecule has 1 aliphatic heterocycles. The van der Waals surface area contributed by atoms with E-state index in [9.17, 15) is 9.90 Å². The molecule has 14 heavy (non-hydrogen) atoms. The summed E-state index contributed by atoms with van der Waals surface area (Å²) in [7, 11) is 0. The summed E-state index contributed by atoms with van der Waals surface area (Å²) >= 11 is 0. The van der Waals surface area contributed by atoms with Gasteiger partial charge in [-0.2, -0.15) is 0 Å². The zero-order chi connectivity index (χ0) is 10.4. The van der Waals surface area contributed by atoms with Crippen LogP contribution in [0.3, 0.4) is 0 Å². The zero-order valence-electron chi connectivity index (χ0n) is 8.41. The van der Waals surface area contributed by atoms with Gasteiger partial charge in [0.1, 0.15) is 0 Å². The van der Waals surface area contributed by atoms with E-state index in [0.717, 1.165) is 25.7 Å². The molecule has 1 fully saturated rings. The Balaban J connectivity index is 2.13. The highest BCUT2D eigenvalue weighted by Gasteiger charge is 2.23. The minimum atomic E-state index is -0.315. The lowest BCUT2D eigenvalue weighted by molar-refractivity contribution is -0.130. The molecule has 1 amide bonds. The SMILES string of the molecule is C#CCCCCC(=O)N1CC[C@@H](O)C1. The number of amides is 1. The molecule has 0 saturated carbocycles. The molecule has 1 saturated heterocycles. The largest absolute Gasteiger partial charge is 0.391 e. The van der Waals surface area contributed by atoms with Crippen molar-refractivity contribution in [2.45, 2.75) is 38.2 Å². The molecule has 1 heterocycles. The first-order valence-electron chi connectivity index (χ1n) is 5.13. The molecule has 1 N–H and O–H groups in total. The van der Waals surface area contributed by atoms with Gasteiger partial charge in [-0.1, -0.05) is 0 Å². The van der Waals surface area contributed by atoms with Gasteiger partial charge in [0.2, 0.25) is 5.91 Å². The van der Waals surface area contributed by atoms with Crippen molar-refractivity contribution in [2.75, 3.05) is 13.1 Å². The Kier molecular flexibility index (Phi) is 4.48. The molecule has 1 aliphatic rings. The number of carbonyl (C=O) groups is 1. The quantitative estimate of drug-likeness (QED) is 0.532. The molecule has 0 aromatic carbocycles. The van der Waals surface area contributed by atoms with Gasteiger partial charge in [0.15, 0.2) is 0 Å². The van der Waals surface area contributed by atoms with E-state index >= 15 is 0 Å². The number of aliphatic hydroxyl groups is 1. The van der Waals surface area contributed by atoms with E-state index < -0.39 is 0 Å². The summed E-state index contributed by atoms with van der Waals surface area (Å²) in [6.45, 7) is 1.21. The van der Waals surface area contributed by atoms with Gasteiger partial charge in [0.25, 0.3) is 0 Å². The number of hydrogen-bond donors (Lipinski definition) is 1. The summed E-state index contributed by atoms with van der Waals surface area (Å²) < 4.78 is 0. The molecule has 0 spiro atoms. The maximum atomic E-state index is 11.5. The number of aliphatic hydroxyl groups excluding tert-OH is 1. The van der Waals surface area contributed by atoms with Crippen molar-refractivity contribution >= 4 is 5.91 Å². The molecular weight excluding hydrogens is 178 g/mol. The number of unbranched alkanes of at least 4 members (excludes halogenated alkanes) is 2. The molecule has 3 nitrogen and oxygen atoms in total. The van der Waals surface area contributed by atoms with E-state index in [-0.39, 0.29) is 12.0 Å². The van der Waals surface area contributed by atoms with Crippen molar-refractivity contribution in [1.29, 1.82) is 0 Å². The van der Waals surface area contributed by atoms with E-state index in [4.69, 9.17) is 6.42 Å². The molecule has 3 heteroatoms. The number of rotatable bonds is 4. The smallest absolute Gasteiger partial charge is 0.222 e. The van der Waals surface area contributed by atoms with Gasteiger partial charge in [-0.05, 0) is 19.3 Å². The molecule has 0 unspecified atom stereocenters. The summed E-state index contributed by atoms with van der Waals surface area (Å²) in [5.74, 6) is 2.70. The van der Waals surface area contributed by atoms with Crippen LogP contribution in [0.1, 0.15) is 32.1 Å². The van der Waals surface area contributed by atoms with Gasteiger partial charge in [-0.3, -0.25) is 4.79 Å². The summed E-state index contributed by atoms with van der Waals surface area (Å²) in [6, 6.07) is 0. The van der Waals surface area contributed by atoms with Crippen molar-refractivity contribution in [1.82, 2.24) is 4.90 Å². The van der Waals surface area contributed by atoms with Crippen molar-refractivity contribution in [2.24, 2.45) is 0 Å². The standard InChI is InChI=1S/C11H17NO2/c1-2-3-4-5-6-11(14)12-8-7-10(13)9-12/h1,10,13H,3-9H2/t10-/m1/s1. The van der Waals surface area contributed by atoms with Crippen LogP contribution in [-0.4, -0.2) is 35.1 Å². The molecule has 0 aromatic rings. The number of nitrogens with zero attached hydrogens (tertiary/aromatic N) is 1. The fourth-order valence-electron chi connectivity index (χ4n) is 1.63. The number of hydrogen-bond acceptors (Lipinski definition) is 2. The molecule has 0 bridgehead atoms. The Morgan fingerprint density at radius 3 is 2.93 bits per heavy atom. The van der Waals surface area contributed by atoms with Crippen LogP contribution in [0.25, 0.3) is 0 Å². The Bertz CT molecular complexity index is 232. The third-order valence-electron chi connectivity index (χ3n) is 2.48. The van der Waals surface area contributed by atoms with E-state index in [0.29, 0.717) is 19.5 Å². The van der Waals surface area contributed by atoms with Crippen molar-refractivity contribution in [3.8, 4) is 12.3 Å². The monoisotopic (exact) mass is 195 g/mol. The summed E-state index contributed by atoms with van der Waals surface area (Å²) in [5, 5.41) is 9.24. The van der Waals surface area contributed by atoms with E-state index in [2.05, 4.69) is 5.92 Å². The minimum absolute atomic E-state index is 0.151. The van der Waals surface area contributed by atoms with Crippen LogP contribution >= 0.6 is 0 Å². The van der Waals surface area contributed by atoms with Crippen LogP contribution in [0.2, 0.25) is 0 Å². The van der Waals surface area contributed by atoms with Crippen LogP contribution in [0.15, 0.2) is 0 Å². The second kappa shape index (κ2) is 5.66. The first kappa shape index (κ1) is 11.1. The zero-order valence-corrected chi connectivity index (χ0v) is 8.41. The predicted octanol–water partition coefficient (Wildman–Crippen LogP) is 0.773.